The SMILES string of the molecule is CCC=CCCCCCC=NO. The second-order valence-electron chi connectivity index (χ2n) is 2.82. The fourth-order valence-electron chi connectivity index (χ4n) is 1.02. The van der Waals surface area contributed by atoms with Crippen molar-refractivity contribution in [3.05, 3.63) is 12.2 Å². The molecule has 0 aliphatic carbocycles. The normalized spacial score (nSPS) is 11.8. The first-order valence-electron chi connectivity index (χ1n) is 4.72. The summed E-state index contributed by atoms with van der Waals surface area (Å²) in [6.07, 6.45) is 12.8. The molecule has 0 unspecified atom stereocenters. The van der Waals surface area contributed by atoms with Crippen molar-refractivity contribution in [2.45, 2.75) is 45.4 Å². The van der Waals surface area contributed by atoms with E-state index in [9.17, 15) is 0 Å². The maximum Gasteiger partial charge on any atom is 0.0435 e. The summed E-state index contributed by atoms with van der Waals surface area (Å²) in [5.74, 6) is 0. The summed E-state index contributed by atoms with van der Waals surface area (Å²) in [4.78, 5) is 0. The van der Waals surface area contributed by atoms with Crippen molar-refractivity contribution in [3.8, 4) is 0 Å². The van der Waals surface area contributed by atoms with Crippen LogP contribution < -0.4 is 0 Å². The van der Waals surface area contributed by atoms with E-state index in [-0.39, 0.29) is 0 Å². The molecule has 0 aromatic heterocycles. The van der Waals surface area contributed by atoms with Gasteiger partial charge in [0.15, 0.2) is 0 Å². The van der Waals surface area contributed by atoms with E-state index in [1.54, 1.807) is 6.21 Å². The third-order valence-corrected chi connectivity index (χ3v) is 1.69. The van der Waals surface area contributed by atoms with Crippen LogP contribution in [0.2, 0.25) is 0 Å². The number of hydrogen-bond donors (Lipinski definition) is 1. The largest absolute Gasteiger partial charge is 0.411 e. The van der Waals surface area contributed by atoms with Crippen molar-refractivity contribution in [2.75, 3.05) is 0 Å². The maximum atomic E-state index is 8.10. The quantitative estimate of drug-likeness (QED) is 0.205. The van der Waals surface area contributed by atoms with Crippen LogP contribution in [0.1, 0.15) is 45.4 Å². The van der Waals surface area contributed by atoms with Gasteiger partial charge in [-0.25, -0.2) is 0 Å². The molecule has 0 amide bonds. The highest BCUT2D eigenvalue weighted by molar-refractivity contribution is 5.55. The van der Waals surface area contributed by atoms with Crippen LogP contribution in [0.4, 0.5) is 0 Å². The molecule has 2 nitrogen and oxygen atoms in total. The summed E-state index contributed by atoms with van der Waals surface area (Å²) >= 11 is 0. The van der Waals surface area contributed by atoms with Crippen molar-refractivity contribution in [3.63, 3.8) is 0 Å². The Morgan fingerprint density at radius 2 is 1.83 bits per heavy atom. The molecule has 0 saturated carbocycles. The molecule has 0 aromatic carbocycles. The van der Waals surface area contributed by atoms with E-state index in [0.717, 1.165) is 19.3 Å². The minimum Gasteiger partial charge on any atom is -0.411 e. The smallest absolute Gasteiger partial charge is 0.0435 e. The molecular weight excluding hydrogens is 150 g/mol. The Labute approximate surface area is 75.0 Å². The summed E-state index contributed by atoms with van der Waals surface area (Å²) in [7, 11) is 0. The van der Waals surface area contributed by atoms with Gasteiger partial charge in [0.2, 0.25) is 0 Å². The second-order valence-corrected chi connectivity index (χ2v) is 2.82. The Balaban J connectivity index is 2.95. The number of allylic oxidation sites excluding steroid dienone is 2. The molecule has 70 valence electrons. The molecule has 12 heavy (non-hydrogen) atoms. The van der Waals surface area contributed by atoms with Gasteiger partial charge in [-0.15, -0.1) is 5.16 Å². The highest BCUT2D eigenvalue weighted by Crippen LogP contribution is 2.02. The molecule has 0 atom stereocenters. The van der Waals surface area contributed by atoms with Gasteiger partial charge in [0, 0.05) is 6.21 Å². The Morgan fingerprint density at radius 3 is 2.50 bits per heavy atom. The lowest BCUT2D eigenvalue weighted by atomic mass is 10.1. The number of oxime groups is 1. The van der Waals surface area contributed by atoms with Crippen molar-refractivity contribution >= 4 is 6.21 Å². The molecule has 0 saturated heterocycles. The minimum atomic E-state index is 0.897. The molecule has 0 rings (SSSR count). The van der Waals surface area contributed by atoms with Gasteiger partial charge >= 0.3 is 0 Å². The lowest BCUT2D eigenvalue weighted by Gasteiger charge is -1.93. The van der Waals surface area contributed by atoms with E-state index in [1.807, 2.05) is 0 Å². The fourth-order valence-corrected chi connectivity index (χ4v) is 1.02. The topological polar surface area (TPSA) is 32.6 Å². The van der Waals surface area contributed by atoms with Crippen LogP contribution in [0.25, 0.3) is 0 Å². The minimum absolute atomic E-state index is 0.897. The zero-order chi connectivity index (χ0) is 9.07. The van der Waals surface area contributed by atoms with E-state index >= 15 is 0 Å². The summed E-state index contributed by atoms with van der Waals surface area (Å²) < 4.78 is 0. The summed E-state index contributed by atoms with van der Waals surface area (Å²) in [5.41, 5.74) is 0. The van der Waals surface area contributed by atoms with Gasteiger partial charge in [-0.05, 0) is 32.1 Å². The zero-order valence-electron chi connectivity index (χ0n) is 7.87. The predicted molar refractivity (Wildman–Crippen MR) is 52.8 cm³/mol. The molecule has 0 heterocycles. The fraction of sp³-hybridized carbons (Fsp3) is 0.700. The maximum absolute atomic E-state index is 8.10. The molecule has 0 bridgehead atoms. The van der Waals surface area contributed by atoms with Gasteiger partial charge < -0.3 is 5.21 Å². The third kappa shape index (κ3) is 9.21. The van der Waals surface area contributed by atoms with Gasteiger partial charge in [0.1, 0.15) is 0 Å². The van der Waals surface area contributed by atoms with Crippen LogP contribution in [0.3, 0.4) is 0 Å². The third-order valence-electron chi connectivity index (χ3n) is 1.69. The molecular formula is C10H19NO. The average molecular weight is 169 g/mol. The Bertz CT molecular complexity index is 130. The lowest BCUT2D eigenvalue weighted by Crippen LogP contribution is -1.78. The van der Waals surface area contributed by atoms with Crippen LogP contribution in [0.5, 0.6) is 0 Å². The van der Waals surface area contributed by atoms with Crippen LogP contribution in [-0.4, -0.2) is 11.4 Å². The molecule has 2 heteroatoms. The number of nitrogens with zero attached hydrogens (tertiary/aromatic N) is 1. The number of unbranched alkanes of at least 4 members (excludes halogenated alkanes) is 4. The molecule has 0 fully saturated rings. The van der Waals surface area contributed by atoms with Crippen molar-refractivity contribution in [1.29, 1.82) is 0 Å². The van der Waals surface area contributed by atoms with Crippen molar-refractivity contribution in [2.24, 2.45) is 5.16 Å². The molecule has 0 aromatic rings. The molecule has 0 radical (unpaired) electrons. The summed E-state index contributed by atoms with van der Waals surface area (Å²) in [6.45, 7) is 2.15. The van der Waals surface area contributed by atoms with E-state index in [1.165, 1.54) is 19.3 Å². The van der Waals surface area contributed by atoms with Crippen LogP contribution >= 0.6 is 0 Å². The van der Waals surface area contributed by atoms with Gasteiger partial charge in [-0.2, -0.15) is 0 Å². The van der Waals surface area contributed by atoms with Crippen LogP contribution in [-0.2, 0) is 0 Å². The van der Waals surface area contributed by atoms with Crippen LogP contribution in [0.15, 0.2) is 17.3 Å². The first-order valence-corrected chi connectivity index (χ1v) is 4.72. The first-order chi connectivity index (χ1) is 5.91. The Morgan fingerprint density at radius 1 is 1.08 bits per heavy atom. The molecule has 0 aliphatic heterocycles. The van der Waals surface area contributed by atoms with Gasteiger partial charge in [-0.1, -0.05) is 25.5 Å². The van der Waals surface area contributed by atoms with E-state index in [4.69, 9.17) is 5.21 Å². The summed E-state index contributed by atoms with van der Waals surface area (Å²) in [6, 6.07) is 0. The summed E-state index contributed by atoms with van der Waals surface area (Å²) in [5, 5.41) is 11.0. The zero-order valence-corrected chi connectivity index (χ0v) is 7.87. The van der Waals surface area contributed by atoms with E-state index in [2.05, 4.69) is 24.2 Å². The standard InChI is InChI=1S/C10H19NO/c1-2-3-4-5-6-7-8-9-10-11-12/h3-4,10,12H,2,5-9H2,1H3. The van der Waals surface area contributed by atoms with Crippen LogP contribution in [0, 0.1) is 0 Å². The molecule has 0 spiro atoms. The lowest BCUT2D eigenvalue weighted by molar-refractivity contribution is 0.320. The van der Waals surface area contributed by atoms with Gasteiger partial charge in [0.05, 0.1) is 0 Å². The highest BCUT2D eigenvalue weighted by Gasteiger charge is 1.85. The molecule has 1 N–H and O–H groups in total. The van der Waals surface area contributed by atoms with Crippen molar-refractivity contribution in [1.82, 2.24) is 0 Å². The van der Waals surface area contributed by atoms with E-state index < -0.39 is 0 Å². The van der Waals surface area contributed by atoms with Gasteiger partial charge in [-0.3, -0.25) is 0 Å². The monoisotopic (exact) mass is 169 g/mol. The van der Waals surface area contributed by atoms with E-state index in [0.29, 0.717) is 0 Å². The highest BCUT2D eigenvalue weighted by atomic mass is 16.4. The second kappa shape index (κ2) is 10.2. The Hall–Kier alpha value is -0.790. The molecule has 0 aliphatic rings. The predicted octanol–water partition coefficient (Wildman–Crippen LogP) is 3.36. The first kappa shape index (κ1) is 11.2. The van der Waals surface area contributed by atoms with Gasteiger partial charge in [0.25, 0.3) is 0 Å². The average Bonchev–Trinajstić information content (AvgIpc) is 2.10. The van der Waals surface area contributed by atoms with Crippen molar-refractivity contribution < 1.29 is 5.21 Å². The Kier molecular flexibility index (Phi) is 9.54. The number of hydrogen-bond acceptors (Lipinski definition) is 2. The number of rotatable bonds is 7.